The highest BCUT2D eigenvalue weighted by Crippen LogP contribution is 2.60. The molecule has 1 saturated heterocycles. The summed E-state index contributed by atoms with van der Waals surface area (Å²) in [4.78, 5) is 0. The molecule has 2 atom stereocenters. The average molecular weight is 468 g/mol. The van der Waals surface area contributed by atoms with Crippen LogP contribution in [-0.2, 0) is 16.6 Å². The van der Waals surface area contributed by atoms with Crippen molar-refractivity contribution in [3.63, 3.8) is 0 Å². The van der Waals surface area contributed by atoms with Crippen LogP contribution in [0.2, 0.25) is 0 Å². The smallest absolute Gasteiger partial charge is 0.150 e. The molecular formula is C34H29NO. The number of anilines is 1. The van der Waals surface area contributed by atoms with Gasteiger partial charge in [0.1, 0.15) is 5.72 Å². The Morgan fingerprint density at radius 2 is 1.42 bits per heavy atom. The fraction of sp³-hybridized carbons (Fsp3) is 0.206. The first kappa shape index (κ1) is 21.4. The predicted molar refractivity (Wildman–Crippen MR) is 148 cm³/mol. The van der Waals surface area contributed by atoms with Gasteiger partial charge in [0.25, 0.3) is 0 Å². The molecule has 4 aromatic rings. The molecule has 0 bridgehead atoms. The van der Waals surface area contributed by atoms with E-state index >= 15 is 0 Å². The van der Waals surface area contributed by atoms with E-state index in [1.165, 1.54) is 50.1 Å². The molecule has 0 amide bonds. The first-order valence-electron chi connectivity index (χ1n) is 13.0. The monoisotopic (exact) mass is 467 g/mol. The van der Waals surface area contributed by atoms with Crippen LogP contribution in [0.5, 0.6) is 0 Å². The van der Waals surface area contributed by atoms with E-state index in [1.807, 2.05) is 0 Å². The lowest BCUT2D eigenvalue weighted by atomic mass is 9.66. The van der Waals surface area contributed by atoms with Crippen molar-refractivity contribution in [2.24, 2.45) is 0 Å². The number of rotatable bonds is 3. The maximum atomic E-state index is 6.52. The molecule has 7 rings (SSSR count). The lowest BCUT2D eigenvalue weighted by Gasteiger charge is -2.38. The van der Waals surface area contributed by atoms with Gasteiger partial charge in [-0.15, -0.1) is 5.73 Å². The third-order valence-corrected chi connectivity index (χ3v) is 8.45. The zero-order chi connectivity index (χ0) is 24.3. The average Bonchev–Trinajstić information content (AvgIpc) is 3.51. The molecule has 3 aliphatic rings. The summed E-state index contributed by atoms with van der Waals surface area (Å²) in [6, 6.07) is 35.2. The van der Waals surface area contributed by atoms with E-state index in [9.17, 15) is 0 Å². The molecule has 2 nitrogen and oxygen atoms in total. The van der Waals surface area contributed by atoms with E-state index in [0.717, 1.165) is 18.5 Å². The van der Waals surface area contributed by atoms with Crippen LogP contribution in [0.25, 0.3) is 22.3 Å². The van der Waals surface area contributed by atoms with Gasteiger partial charge in [-0.1, -0.05) is 97.9 Å². The molecule has 1 fully saturated rings. The van der Waals surface area contributed by atoms with E-state index in [0.29, 0.717) is 6.61 Å². The first-order valence-corrected chi connectivity index (χ1v) is 13.0. The van der Waals surface area contributed by atoms with Crippen LogP contribution in [0, 0.1) is 0 Å². The second kappa shape index (κ2) is 7.83. The number of para-hydroxylation sites is 1. The van der Waals surface area contributed by atoms with Gasteiger partial charge >= 0.3 is 0 Å². The van der Waals surface area contributed by atoms with Crippen molar-refractivity contribution < 1.29 is 4.74 Å². The molecule has 1 aliphatic carbocycles. The van der Waals surface area contributed by atoms with E-state index in [-0.39, 0.29) is 5.41 Å². The van der Waals surface area contributed by atoms with Crippen LogP contribution in [0.3, 0.4) is 0 Å². The van der Waals surface area contributed by atoms with Gasteiger partial charge in [-0.25, -0.2) is 0 Å². The molecule has 0 radical (unpaired) electrons. The van der Waals surface area contributed by atoms with Gasteiger partial charge in [0.15, 0.2) is 0 Å². The van der Waals surface area contributed by atoms with Crippen LogP contribution in [0.4, 0.5) is 5.69 Å². The zero-order valence-corrected chi connectivity index (χ0v) is 20.8. The molecule has 1 N–H and O–H groups in total. The molecule has 2 aliphatic heterocycles. The maximum Gasteiger partial charge on any atom is 0.150 e. The topological polar surface area (TPSA) is 21.3 Å². The van der Waals surface area contributed by atoms with Gasteiger partial charge < -0.3 is 10.1 Å². The summed E-state index contributed by atoms with van der Waals surface area (Å²) >= 11 is 0. The van der Waals surface area contributed by atoms with Crippen molar-refractivity contribution in [3.05, 3.63) is 131 Å². The Balaban J connectivity index is 1.61. The summed E-state index contributed by atoms with van der Waals surface area (Å²) in [5.41, 5.74) is 15.6. The summed E-state index contributed by atoms with van der Waals surface area (Å²) in [5.74, 6) is 0. The van der Waals surface area contributed by atoms with Crippen molar-refractivity contribution in [1.29, 1.82) is 0 Å². The van der Waals surface area contributed by atoms with Crippen LogP contribution in [-0.4, -0.2) is 12.3 Å². The second-order valence-electron chi connectivity index (χ2n) is 10.2. The van der Waals surface area contributed by atoms with Gasteiger partial charge in [-0.2, -0.15) is 0 Å². The highest BCUT2D eigenvalue weighted by molar-refractivity contribution is 6.03. The number of nitrogens with one attached hydrogen (secondary N) is 1. The number of aryl methyl sites for hydroxylation is 1. The first-order chi connectivity index (χ1) is 17.6. The highest BCUT2D eigenvalue weighted by atomic mass is 16.5. The third kappa shape index (κ3) is 2.83. The van der Waals surface area contributed by atoms with E-state index in [2.05, 4.69) is 122 Å². The van der Waals surface area contributed by atoms with Gasteiger partial charge in [-0.3, -0.25) is 0 Å². The molecule has 0 spiro atoms. The highest BCUT2D eigenvalue weighted by Gasteiger charge is 2.62. The SMILES string of the molecule is CCc1ccc(C(=C=C2c3ccccc3-c3ccccc32)[C@@]23CCO[C@]2(C)Nc2ccccc23)cc1. The summed E-state index contributed by atoms with van der Waals surface area (Å²) in [6.07, 6.45) is 1.93. The Kier molecular flexibility index (Phi) is 4.66. The van der Waals surface area contributed by atoms with Crippen molar-refractivity contribution in [3.8, 4) is 11.1 Å². The summed E-state index contributed by atoms with van der Waals surface area (Å²) in [5, 5.41) is 3.76. The molecule has 0 unspecified atom stereocenters. The molecule has 4 aromatic carbocycles. The van der Waals surface area contributed by atoms with Crippen molar-refractivity contribution in [2.75, 3.05) is 11.9 Å². The number of hydrogen-bond donors (Lipinski definition) is 1. The van der Waals surface area contributed by atoms with Crippen LogP contribution >= 0.6 is 0 Å². The fourth-order valence-electron chi connectivity index (χ4n) is 6.63. The van der Waals surface area contributed by atoms with E-state index in [1.54, 1.807) is 0 Å². The van der Waals surface area contributed by atoms with Gasteiger partial charge in [-0.05, 0) is 64.8 Å². The largest absolute Gasteiger partial charge is 0.357 e. The number of ether oxygens (including phenoxy) is 1. The maximum absolute atomic E-state index is 6.52. The molecule has 0 saturated carbocycles. The predicted octanol–water partition coefficient (Wildman–Crippen LogP) is 7.84. The summed E-state index contributed by atoms with van der Waals surface area (Å²) in [6.45, 7) is 5.12. The Morgan fingerprint density at radius 1 is 0.806 bits per heavy atom. The van der Waals surface area contributed by atoms with Crippen LogP contribution in [0.15, 0.2) is 103 Å². The standard InChI is InChI=1S/C34H29NO/c1-3-23-16-18-24(19-17-23)31(34-20-21-36-33(34,2)35-32-15-9-8-14-30(32)34)22-29-27-12-6-4-10-25(27)26-11-5-7-13-28(26)29/h4-19,35H,3,20-21H2,1-2H3/t33-,34-/m0/s1. The minimum atomic E-state index is -0.541. The minimum Gasteiger partial charge on any atom is -0.357 e. The lowest BCUT2D eigenvalue weighted by molar-refractivity contribution is 0.0274. The van der Waals surface area contributed by atoms with Crippen molar-refractivity contribution >= 4 is 16.8 Å². The molecular weight excluding hydrogens is 438 g/mol. The minimum absolute atomic E-state index is 0.350. The summed E-state index contributed by atoms with van der Waals surface area (Å²) in [7, 11) is 0. The molecule has 0 aromatic heterocycles. The number of hydrogen-bond acceptors (Lipinski definition) is 2. The Morgan fingerprint density at radius 3 is 2.08 bits per heavy atom. The normalized spacial score (nSPS) is 22.8. The van der Waals surface area contributed by atoms with Crippen LogP contribution < -0.4 is 5.32 Å². The lowest BCUT2D eigenvalue weighted by Crippen LogP contribution is -2.47. The Hall–Kier alpha value is -3.84. The zero-order valence-electron chi connectivity index (χ0n) is 20.8. The van der Waals surface area contributed by atoms with E-state index < -0.39 is 5.72 Å². The molecule has 176 valence electrons. The van der Waals surface area contributed by atoms with Gasteiger partial charge in [0.05, 0.1) is 12.0 Å². The fourth-order valence-corrected chi connectivity index (χ4v) is 6.63. The third-order valence-electron chi connectivity index (χ3n) is 8.45. The van der Waals surface area contributed by atoms with Crippen LogP contribution in [0.1, 0.15) is 48.1 Å². The molecule has 36 heavy (non-hydrogen) atoms. The van der Waals surface area contributed by atoms with E-state index in [4.69, 9.17) is 4.74 Å². The Bertz CT molecular complexity index is 1530. The Labute approximate surface area is 213 Å². The van der Waals surface area contributed by atoms with Crippen molar-refractivity contribution in [1.82, 2.24) is 0 Å². The summed E-state index contributed by atoms with van der Waals surface area (Å²) < 4.78 is 6.52. The van der Waals surface area contributed by atoms with Gasteiger partial charge in [0.2, 0.25) is 0 Å². The van der Waals surface area contributed by atoms with Crippen molar-refractivity contribution in [2.45, 2.75) is 37.8 Å². The number of benzene rings is 4. The molecule has 2 heterocycles. The van der Waals surface area contributed by atoms with Gasteiger partial charge in [0, 0.05) is 16.8 Å². The number of fused-ring (bicyclic) bond motifs is 6. The quantitative estimate of drug-likeness (QED) is 0.273. The second-order valence-corrected chi connectivity index (χ2v) is 10.2. The molecule has 2 heteroatoms.